The van der Waals surface area contributed by atoms with Crippen molar-refractivity contribution in [1.29, 1.82) is 0 Å². The molecule has 0 radical (unpaired) electrons. The fourth-order valence-electron chi connectivity index (χ4n) is 2.57. The third-order valence-corrected chi connectivity index (χ3v) is 3.74. The van der Waals surface area contributed by atoms with Gasteiger partial charge in [0.05, 0.1) is 18.6 Å². The van der Waals surface area contributed by atoms with E-state index in [1.165, 1.54) is 4.98 Å². The molecule has 0 bridgehead atoms. The third-order valence-electron chi connectivity index (χ3n) is 3.74. The average molecular weight is 346 g/mol. The van der Waals surface area contributed by atoms with Crippen LogP contribution < -0.4 is 11.2 Å². The monoisotopic (exact) mass is 346 g/mol. The highest BCUT2D eigenvalue weighted by atomic mass is 19.4. The second-order valence-electron chi connectivity index (χ2n) is 5.10. The lowest BCUT2D eigenvalue weighted by atomic mass is 10.0. The van der Waals surface area contributed by atoms with Crippen LogP contribution in [0.1, 0.15) is 11.6 Å². The number of nitrogens with one attached hydrogen (secondary N) is 1. The van der Waals surface area contributed by atoms with E-state index in [0.29, 0.717) is 0 Å². The smallest absolute Gasteiger partial charge is 0.396 e. The largest absolute Gasteiger partial charge is 0.423 e. The molecule has 1 aromatic heterocycles. The summed E-state index contributed by atoms with van der Waals surface area (Å²) in [4.78, 5) is 24.0. The molecule has 23 heavy (non-hydrogen) atoms. The molecule has 4 unspecified atom stereocenters. The first-order chi connectivity index (χ1) is 10.4. The quantitative estimate of drug-likeness (QED) is 0.517. The van der Waals surface area contributed by atoms with Crippen LogP contribution in [0.4, 0.5) is 22.0 Å². The van der Waals surface area contributed by atoms with Gasteiger partial charge in [-0.25, -0.2) is 13.6 Å². The Morgan fingerprint density at radius 3 is 2.22 bits per heavy atom. The molecule has 1 fully saturated rings. The first-order valence-electron chi connectivity index (χ1n) is 6.20. The molecule has 2 rings (SSSR count). The molecule has 0 aromatic carbocycles. The molecule has 1 aliphatic carbocycles. The highest BCUT2D eigenvalue weighted by molar-refractivity contribution is 5.13. The Labute approximate surface area is 123 Å². The Hall–Kier alpha value is -1.79. The van der Waals surface area contributed by atoms with Crippen molar-refractivity contribution < 1.29 is 37.3 Å². The van der Waals surface area contributed by atoms with Crippen molar-refractivity contribution in [3.05, 3.63) is 32.6 Å². The molecule has 12 heteroatoms. The fraction of sp³-hybridized carbons (Fsp3) is 0.636. The minimum absolute atomic E-state index is 0.143. The van der Waals surface area contributed by atoms with Gasteiger partial charge in [-0.1, -0.05) is 0 Å². The van der Waals surface area contributed by atoms with E-state index in [4.69, 9.17) is 5.11 Å². The average Bonchev–Trinajstić information content (AvgIpc) is 2.55. The fourth-order valence-corrected chi connectivity index (χ4v) is 2.57. The minimum atomic E-state index is -5.23. The van der Waals surface area contributed by atoms with Crippen molar-refractivity contribution in [2.45, 2.75) is 30.3 Å². The van der Waals surface area contributed by atoms with Crippen LogP contribution in [0.25, 0.3) is 0 Å². The molecule has 0 saturated heterocycles. The van der Waals surface area contributed by atoms with Crippen molar-refractivity contribution in [3.63, 3.8) is 0 Å². The second kappa shape index (κ2) is 5.39. The maximum atomic E-state index is 14.2. The number of nitrogens with zero attached hydrogens (tertiary/aromatic N) is 1. The summed E-state index contributed by atoms with van der Waals surface area (Å²) in [6, 6.07) is -2.58. The van der Waals surface area contributed by atoms with Crippen molar-refractivity contribution in [3.8, 4) is 0 Å². The number of aromatic nitrogens is 2. The maximum Gasteiger partial charge on any atom is 0.423 e. The van der Waals surface area contributed by atoms with Gasteiger partial charge in [0.2, 0.25) is 0 Å². The van der Waals surface area contributed by atoms with Gasteiger partial charge in [-0.2, -0.15) is 13.2 Å². The van der Waals surface area contributed by atoms with E-state index in [1.807, 2.05) is 0 Å². The number of alkyl halides is 5. The normalized spacial score (nSPS) is 30.6. The molecule has 1 saturated carbocycles. The van der Waals surface area contributed by atoms with Gasteiger partial charge in [0.1, 0.15) is 17.7 Å². The molecule has 4 N–H and O–H groups in total. The van der Waals surface area contributed by atoms with Gasteiger partial charge in [-0.05, 0) is 0 Å². The van der Waals surface area contributed by atoms with E-state index in [1.54, 1.807) is 0 Å². The molecule has 1 aliphatic rings. The molecule has 130 valence electrons. The Morgan fingerprint density at radius 1 is 1.22 bits per heavy atom. The maximum absolute atomic E-state index is 14.2. The van der Waals surface area contributed by atoms with Gasteiger partial charge in [0.25, 0.3) is 11.5 Å². The first-order valence-corrected chi connectivity index (χ1v) is 6.20. The lowest BCUT2D eigenvalue weighted by Crippen LogP contribution is -2.44. The zero-order valence-corrected chi connectivity index (χ0v) is 11.1. The first kappa shape index (κ1) is 17.6. The number of H-pyrrole nitrogens is 1. The van der Waals surface area contributed by atoms with Crippen LogP contribution in [0.3, 0.4) is 0 Å². The molecule has 4 atom stereocenters. The van der Waals surface area contributed by atoms with Crippen LogP contribution in [0, 0.1) is 5.92 Å². The summed E-state index contributed by atoms with van der Waals surface area (Å²) >= 11 is 0. The Bertz CT molecular complexity index is 712. The van der Waals surface area contributed by atoms with Crippen molar-refractivity contribution >= 4 is 0 Å². The topological polar surface area (TPSA) is 116 Å². The lowest BCUT2D eigenvalue weighted by Gasteiger charge is -2.25. The van der Waals surface area contributed by atoms with Gasteiger partial charge >= 0.3 is 11.9 Å². The van der Waals surface area contributed by atoms with Crippen LogP contribution >= 0.6 is 0 Å². The molecule has 1 aromatic rings. The van der Waals surface area contributed by atoms with Crippen LogP contribution in [0.15, 0.2) is 15.8 Å². The summed E-state index contributed by atoms with van der Waals surface area (Å²) in [5.74, 6) is -6.28. The molecular weight excluding hydrogens is 335 g/mol. The Balaban J connectivity index is 2.67. The van der Waals surface area contributed by atoms with Crippen LogP contribution in [0.2, 0.25) is 0 Å². The summed E-state index contributed by atoms with van der Waals surface area (Å²) in [5.41, 5.74) is -5.35. The van der Waals surface area contributed by atoms with E-state index in [0.717, 1.165) is 0 Å². The zero-order chi connectivity index (χ0) is 17.7. The SMILES string of the molecule is O=c1[nH]c(=O)n(C2C(O)C(O)C(CO)C2(F)F)cc1C(F)(F)F. The number of aromatic amines is 1. The number of rotatable bonds is 2. The van der Waals surface area contributed by atoms with Crippen molar-refractivity contribution in [2.75, 3.05) is 6.61 Å². The van der Waals surface area contributed by atoms with Gasteiger partial charge < -0.3 is 15.3 Å². The molecule has 0 aliphatic heterocycles. The lowest BCUT2D eigenvalue weighted by molar-refractivity contribution is -0.140. The van der Waals surface area contributed by atoms with Crippen LogP contribution in [-0.4, -0.2) is 49.6 Å². The van der Waals surface area contributed by atoms with Gasteiger partial charge in [0, 0.05) is 6.20 Å². The van der Waals surface area contributed by atoms with Gasteiger partial charge in [0.15, 0.2) is 0 Å². The zero-order valence-electron chi connectivity index (χ0n) is 11.1. The van der Waals surface area contributed by atoms with Gasteiger partial charge in [-0.3, -0.25) is 14.3 Å². The van der Waals surface area contributed by atoms with E-state index in [-0.39, 0.29) is 10.8 Å². The summed E-state index contributed by atoms with van der Waals surface area (Å²) in [6.45, 7) is -1.27. The van der Waals surface area contributed by atoms with E-state index in [2.05, 4.69) is 0 Å². The standard InChI is InChI=1S/C11H11F5N2O5/c12-10(13)4(2-19)5(20)6(21)7(10)18-1-3(11(14,15)16)8(22)17-9(18)23/h1,4-7,19-21H,2H2,(H,17,22,23). The highest BCUT2D eigenvalue weighted by Crippen LogP contribution is 2.47. The molecule has 1 heterocycles. The highest BCUT2D eigenvalue weighted by Gasteiger charge is 2.63. The number of halogens is 5. The number of aliphatic hydroxyl groups excluding tert-OH is 3. The Kier molecular flexibility index (Phi) is 4.11. The van der Waals surface area contributed by atoms with Crippen molar-refractivity contribution in [2.24, 2.45) is 5.92 Å². The van der Waals surface area contributed by atoms with E-state index in [9.17, 15) is 41.8 Å². The molecule has 0 amide bonds. The number of hydrogen-bond acceptors (Lipinski definition) is 5. The predicted octanol–water partition coefficient (Wildman–Crippen LogP) is -0.924. The summed E-state index contributed by atoms with van der Waals surface area (Å²) in [6.07, 6.45) is -9.87. The second-order valence-corrected chi connectivity index (χ2v) is 5.10. The van der Waals surface area contributed by atoms with Gasteiger partial charge in [-0.15, -0.1) is 0 Å². The molecule has 0 spiro atoms. The summed E-state index contributed by atoms with van der Waals surface area (Å²) in [5, 5.41) is 28.0. The van der Waals surface area contributed by atoms with Crippen LogP contribution in [0.5, 0.6) is 0 Å². The van der Waals surface area contributed by atoms with E-state index < -0.39 is 59.7 Å². The summed E-state index contributed by atoms with van der Waals surface area (Å²) in [7, 11) is 0. The van der Waals surface area contributed by atoms with E-state index >= 15 is 0 Å². The summed E-state index contributed by atoms with van der Waals surface area (Å²) < 4.78 is 66.2. The van der Waals surface area contributed by atoms with Crippen molar-refractivity contribution in [1.82, 2.24) is 9.55 Å². The number of hydrogen-bond donors (Lipinski definition) is 4. The number of aliphatic hydroxyl groups is 3. The molecule has 7 nitrogen and oxygen atoms in total. The molecular formula is C11H11F5N2O5. The third kappa shape index (κ3) is 2.66. The minimum Gasteiger partial charge on any atom is -0.396 e. The predicted molar refractivity (Wildman–Crippen MR) is 62.9 cm³/mol. The Morgan fingerprint density at radius 2 is 1.78 bits per heavy atom. The van der Waals surface area contributed by atoms with Crippen LogP contribution in [-0.2, 0) is 6.18 Å².